The maximum atomic E-state index is 12.0. The second-order valence-corrected chi connectivity index (χ2v) is 7.42. The first-order valence-electron chi connectivity index (χ1n) is 7.90. The Kier molecular flexibility index (Phi) is 5.84. The van der Waals surface area contributed by atoms with Gasteiger partial charge in [-0.05, 0) is 13.8 Å². The zero-order chi connectivity index (χ0) is 19.6. The molecule has 1 aromatic rings. The molecule has 4 atom stereocenters. The summed E-state index contributed by atoms with van der Waals surface area (Å²) >= 11 is 0. The van der Waals surface area contributed by atoms with Crippen molar-refractivity contribution in [2.75, 3.05) is 0 Å². The van der Waals surface area contributed by atoms with Crippen molar-refractivity contribution < 1.29 is 37.0 Å². The van der Waals surface area contributed by atoms with E-state index in [1.165, 1.54) is 13.8 Å². The average Bonchev–Trinajstić information content (AvgIpc) is 2.49. The summed E-state index contributed by atoms with van der Waals surface area (Å²) in [5.74, 6) is -2.04. The molecule has 0 spiro atoms. The van der Waals surface area contributed by atoms with E-state index in [0.29, 0.717) is 0 Å². The van der Waals surface area contributed by atoms with Gasteiger partial charge in [-0.1, -0.05) is 6.07 Å². The van der Waals surface area contributed by atoms with Gasteiger partial charge in [-0.15, -0.1) is 0 Å². The van der Waals surface area contributed by atoms with Gasteiger partial charge in [-0.25, -0.2) is 13.7 Å². The van der Waals surface area contributed by atoms with Crippen LogP contribution in [0.3, 0.4) is 0 Å². The number of carbonyl (C=O) groups excluding carboxylic acids is 2. The van der Waals surface area contributed by atoms with Crippen molar-refractivity contribution in [3.8, 4) is 0 Å². The number of rotatable bonds is 6. The third kappa shape index (κ3) is 4.11. The van der Waals surface area contributed by atoms with Crippen molar-refractivity contribution in [3.05, 3.63) is 30.1 Å². The van der Waals surface area contributed by atoms with Gasteiger partial charge >= 0.3 is 16.4 Å². The minimum absolute atomic E-state index is 0.175. The molecule has 144 valence electrons. The second-order valence-electron chi connectivity index (χ2n) is 6.14. The van der Waals surface area contributed by atoms with Gasteiger partial charge in [0.15, 0.2) is 6.20 Å². The van der Waals surface area contributed by atoms with Crippen LogP contribution in [0.1, 0.15) is 19.5 Å². The number of alkyl carbamates (subject to hydrolysis) is 1. The average molecular weight is 388 g/mol. The number of hydrogen-bond donors (Lipinski definition) is 3. The Labute approximate surface area is 151 Å². The van der Waals surface area contributed by atoms with E-state index in [1.807, 2.05) is 25.4 Å². The van der Waals surface area contributed by atoms with Crippen molar-refractivity contribution >= 4 is 22.3 Å². The Balaban J connectivity index is 2.02. The van der Waals surface area contributed by atoms with Crippen LogP contribution in [0.2, 0.25) is 0 Å². The number of hydrogen-bond acceptors (Lipinski definition) is 6. The second kappa shape index (κ2) is 7.56. The maximum Gasteiger partial charge on any atom is 0.407 e. The van der Waals surface area contributed by atoms with E-state index in [1.54, 1.807) is 10.6 Å². The van der Waals surface area contributed by atoms with Crippen LogP contribution in [0.4, 0.5) is 4.79 Å². The highest BCUT2D eigenvalue weighted by atomic mass is 32.2. The van der Waals surface area contributed by atoms with Crippen molar-refractivity contribution in [2.24, 2.45) is 13.0 Å². The number of aromatic nitrogens is 1. The Morgan fingerprint density at radius 1 is 1.42 bits per heavy atom. The van der Waals surface area contributed by atoms with Gasteiger partial charge in [-0.2, -0.15) is 8.42 Å². The number of aliphatic hydroxyl groups is 1. The summed E-state index contributed by atoms with van der Waals surface area (Å²) in [4.78, 5) is 23.8. The predicted molar refractivity (Wildman–Crippen MR) is 87.8 cm³/mol. The highest BCUT2D eigenvalue weighted by Gasteiger charge is 2.58. The first-order chi connectivity index (χ1) is 12.0. The molecule has 0 saturated carbocycles. The lowest BCUT2D eigenvalue weighted by Gasteiger charge is -2.47. The minimum atomic E-state index is -4.81. The van der Waals surface area contributed by atoms with Crippen LogP contribution in [0.15, 0.2) is 24.4 Å². The van der Waals surface area contributed by atoms with Gasteiger partial charge in [0.05, 0.1) is 12.0 Å². The monoisotopic (exact) mass is 388 g/mol. The molecule has 26 heavy (non-hydrogen) atoms. The molecule has 1 fully saturated rings. The summed E-state index contributed by atoms with van der Waals surface area (Å²) in [6.45, 7) is 2.88. The Hall–Kier alpha value is -2.24. The smallest absolute Gasteiger partial charge is 0.407 e. The van der Waals surface area contributed by atoms with Crippen LogP contribution in [0.25, 0.3) is 0 Å². The van der Waals surface area contributed by atoms with Gasteiger partial charge < -0.3 is 15.2 Å². The van der Waals surface area contributed by atoms with Crippen LogP contribution in [-0.2, 0) is 33.4 Å². The molecule has 0 unspecified atom stereocenters. The number of β-lactam (4-membered cyclic amide) rings is 1. The quantitative estimate of drug-likeness (QED) is 0.327. The third-order valence-corrected chi connectivity index (χ3v) is 5.18. The van der Waals surface area contributed by atoms with E-state index < -0.39 is 46.5 Å². The molecular formula is C15H22N3O7S+. The molecule has 0 bridgehead atoms. The normalized spacial score (nSPS) is 22.3. The van der Waals surface area contributed by atoms with Crippen LogP contribution in [0, 0.1) is 5.92 Å². The molecule has 2 amide bonds. The zero-order valence-electron chi connectivity index (χ0n) is 14.6. The van der Waals surface area contributed by atoms with E-state index in [9.17, 15) is 27.7 Å². The van der Waals surface area contributed by atoms with Gasteiger partial charge in [0.1, 0.15) is 25.7 Å². The van der Waals surface area contributed by atoms with Crippen LogP contribution < -0.4 is 9.88 Å². The Morgan fingerprint density at radius 3 is 2.62 bits per heavy atom. The van der Waals surface area contributed by atoms with E-state index >= 15 is 0 Å². The summed E-state index contributed by atoms with van der Waals surface area (Å²) < 4.78 is 39.1. The number of carbonyl (C=O) groups is 2. The minimum Gasteiger partial charge on any atom is -0.444 e. The lowest BCUT2D eigenvalue weighted by atomic mass is 9.83. The van der Waals surface area contributed by atoms with Crippen molar-refractivity contribution in [3.63, 3.8) is 0 Å². The van der Waals surface area contributed by atoms with Gasteiger partial charge in [0, 0.05) is 12.1 Å². The van der Waals surface area contributed by atoms with E-state index in [2.05, 4.69) is 5.32 Å². The predicted octanol–water partition coefficient (Wildman–Crippen LogP) is -0.864. The first-order valence-corrected chi connectivity index (χ1v) is 9.30. The van der Waals surface area contributed by atoms with Gasteiger partial charge in [0.25, 0.3) is 0 Å². The molecule has 3 N–H and O–H groups in total. The lowest BCUT2D eigenvalue weighted by molar-refractivity contribution is -0.679. The molecule has 1 saturated heterocycles. The SMILES string of the molecule is C[C@H](OC(=O)NCc1cccc[n+]1C)[C@@H]1[C@@H]([C@@H](C)O)C(=O)N1S(=O)(=O)O. The van der Waals surface area contributed by atoms with E-state index in [-0.39, 0.29) is 10.8 Å². The van der Waals surface area contributed by atoms with E-state index in [4.69, 9.17) is 4.74 Å². The number of aryl methyl sites for hydroxylation is 1. The molecule has 1 aliphatic heterocycles. The molecule has 2 heterocycles. The molecule has 10 nitrogen and oxygen atoms in total. The first kappa shape index (κ1) is 20.1. The number of pyridine rings is 1. The van der Waals surface area contributed by atoms with Crippen LogP contribution in [0.5, 0.6) is 0 Å². The van der Waals surface area contributed by atoms with Crippen molar-refractivity contribution in [1.29, 1.82) is 0 Å². The molecule has 0 aliphatic carbocycles. The Morgan fingerprint density at radius 2 is 2.08 bits per heavy atom. The summed E-state index contributed by atoms with van der Waals surface area (Å²) in [6.07, 6.45) is -1.25. The number of nitrogens with one attached hydrogen (secondary N) is 1. The fraction of sp³-hybridized carbons (Fsp3) is 0.533. The molecule has 2 rings (SSSR count). The van der Waals surface area contributed by atoms with Gasteiger partial charge in [-0.3, -0.25) is 9.35 Å². The molecular weight excluding hydrogens is 366 g/mol. The number of amides is 2. The summed E-state index contributed by atoms with van der Waals surface area (Å²) in [6, 6.07) is 4.26. The topological polar surface area (TPSA) is 137 Å². The van der Waals surface area contributed by atoms with Crippen LogP contribution >= 0.6 is 0 Å². The zero-order valence-corrected chi connectivity index (χ0v) is 15.4. The van der Waals surface area contributed by atoms with Crippen LogP contribution in [-0.4, -0.2) is 52.6 Å². The standard InChI is InChI=1S/C15H21N3O7S/c1-9(19)12-13(18(14(12)20)26(22,23)24)10(2)25-15(21)16-8-11-6-4-5-7-17(11)3/h4-7,9-10,12-13,19H,8H2,1-3H3,(H-,16,21,22,23,24)/p+1/t9-,10+,12-,13-/m1/s1. The fourth-order valence-corrected chi connectivity index (χ4v) is 3.89. The highest BCUT2D eigenvalue weighted by molar-refractivity contribution is 7.84. The van der Waals surface area contributed by atoms with Crippen molar-refractivity contribution in [1.82, 2.24) is 9.62 Å². The van der Waals surface area contributed by atoms with Crippen molar-refractivity contribution in [2.45, 2.75) is 38.6 Å². The number of ether oxygens (including phenoxy) is 1. The molecule has 0 aromatic carbocycles. The maximum absolute atomic E-state index is 12.0. The summed E-state index contributed by atoms with van der Waals surface area (Å²) in [5.41, 5.74) is 0.803. The molecule has 0 radical (unpaired) electrons. The summed E-state index contributed by atoms with van der Waals surface area (Å²) in [5, 5.41) is 12.2. The molecule has 11 heteroatoms. The molecule has 1 aliphatic rings. The fourth-order valence-electron chi connectivity index (χ4n) is 2.93. The number of aliphatic hydroxyl groups excluding tert-OH is 1. The Bertz CT molecular complexity index is 796. The number of nitrogens with zero attached hydrogens (tertiary/aromatic N) is 2. The lowest BCUT2D eigenvalue weighted by Crippen LogP contribution is -2.69. The van der Waals surface area contributed by atoms with E-state index in [0.717, 1.165) is 5.69 Å². The molecule has 1 aromatic heterocycles. The third-order valence-electron chi connectivity index (χ3n) is 4.26. The summed E-state index contributed by atoms with van der Waals surface area (Å²) in [7, 11) is -3.01. The largest absolute Gasteiger partial charge is 0.444 e. The highest BCUT2D eigenvalue weighted by Crippen LogP contribution is 2.35. The van der Waals surface area contributed by atoms with Gasteiger partial charge in [0.2, 0.25) is 11.6 Å².